The third-order valence-corrected chi connectivity index (χ3v) is 3.03. The summed E-state index contributed by atoms with van der Waals surface area (Å²) in [4.78, 5) is 15.3. The maximum Gasteiger partial charge on any atom is 0.417 e. The van der Waals surface area contributed by atoms with Crippen LogP contribution in [0.5, 0.6) is 0 Å². The Balaban J connectivity index is 2.39. The number of hydrogen-bond acceptors (Lipinski definition) is 3. The predicted octanol–water partition coefficient (Wildman–Crippen LogP) is 3.87. The second kappa shape index (κ2) is 6.60. The summed E-state index contributed by atoms with van der Waals surface area (Å²) >= 11 is 0. The van der Waals surface area contributed by atoms with Crippen LogP contribution in [-0.4, -0.2) is 17.6 Å². The summed E-state index contributed by atoms with van der Waals surface area (Å²) < 4.78 is 43.2. The highest BCUT2D eigenvalue weighted by Crippen LogP contribution is 2.32. The number of hydrogen-bond donors (Lipinski definition) is 0. The molecule has 3 nitrogen and oxygen atoms in total. The molecule has 0 spiro atoms. The molecule has 0 aliphatic rings. The van der Waals surface area contributed by atoms with Crippen LogP contribution in [-0.2, 0) is 22.1 Å². The second-order valence-corrected chi connectivity index (χ2v) is 4.60. The first-order valence-electron chi connectivity index (χ1n) is 6.68. The Hall–Kier alpha value is -2.37. The van der Waals surface area contributed by atoms with E-state index in [1.54, 1.807) is 31.2 Å². The Bertz CT molecular complexity index is 668. The SMILES string of the molecule is CCOC(=O)Cc1ccccc1-c1cncc(C(F)(F)F)c1. The second-order valence-electron chi connectivity index (χ2n) is 4.60. The standard InChI is InChI=1S/C16H14F3NO2/c1-2-22-15(21)8-11-5-3-4-6-14(11)12-7-13(10-20-9-12)16(17,18)19/h3-7,9-10H,2,8H2,1H3. The maximum absolute atomic E-state index is 12.8. The first-order valence-corrected chi connectivity index (χ1v) is 6.68. The van der Waals surface area contributed by atoms with Gasteiger partial charge in [-0.05, 0) is 24.1 Å². The number of nitrogens with zero attached hydrogens (tertiary/aromatic N) is 1. The molecule has 6 heteroatoms. The smallest absolute Gasteiger partial charge is 0.417 e. The lowest BCUT2D eigenvalue weighted by molar-refractivity contribution is -0.142. The van der Waals surface area contributed by atoms with Gasteiger partial charge in [-0.25, -0.2) is 0 Å². The van der Waals surface area contributed by atoms with Gasteiger partial charge < -0.3 is 4.74 Å². The molecule has 2 rings (SSSR count). The van der Waals surface area contributed by atoms with Gasteiger partial charge in [0.1, 0.15) is 0 Å². The Morgan fingerprint density at radius 1 is 1.23 bits per heavy atom. The number of benzene rings is 1. The lowest BCUT2D eigenvalue weighted by atomic mass is 9.98. The molecule has 0 fully saturated rings. The summed E-state index contributed by atoms with van der Waals surface area (Å²) in [6, 6.07) is 7.79. The van der Waals surface area contributed by atoms with E-state index in [2.05, 4.69) is 4.98 Å². The number of halogens is 3. The largest absolute Gasteiger partial charge is 0.466 e. The van der Waals surface area contributed by atoms with Crippen molar-refractivity contribution in [2.75, 3.05) is 6.61 Å². The van der Waals surface area contributed by atoms with Crippen molar-refractivity contribution in [3.8, 4) is 11.1 Å². The molecule has 0 aliphatic heterocycles. The van der Waals surface area contributed by atoms with Crippen LogP contribution in [0.15, 0.2) is 42.7 Å². The van der Waals surface area contributed by atoms with Gasteiger partial charge in [0.2, 0.25) is 0 Å². The van der Waals surface area contributed by atoms with Gasteiger partial charge >= 0.3 is 12.1 Å². The van der Waals surface area contributed by atoms with Crippen LogP contribution >= 0.6 is 0 Å². The number of alkyl halides is 3. The molecule has 116 valence electrons. The lowest BCUT2D eigenvalue weighted by Crippen LogP contribution is -2.09. The van der Waals surface area contributed by atoms with Crippen molar-refractivity contribution in [1.29, 1.82) is 0 Å². The number of carbonyl (C=O) groups excluding carboxylic acids is 1. The maximum atomic E-state index is 12.8. The van der Waals surface area contributed by atoms with Gasteiger partial charge in [0, 0.05) is 18.0 Å². The predicted molar refractivity (Wildman–Crippen MR) is 75.0 cm³/mol. The highest BCUT2D eigenvalue weighted by molar-refractivity contribution is 5.77. The van der Waals surface area contributed by atoms with E-state index in [1.165, 1.54) is 6.20 Å². The summed E-state index contributed by atoms with van der Waals surface area (Å²) in [5.41, 5.74) is 0.627. The van der Waals surface area contributed by atoms with E-state index >= 15 is 0 Å². The van der Waals surface area contributed by atoms with Crippen molar-refractivity contribution in [2.24, 2.45) is 0 Å². The van der Waals surface area contributed by atoms with Crippen molar-refractivity contribution in [3.63, 3.8) is 0 Å². The van der Waals surface area contributed by atoms with Crippen LogP contribution in [0, 0.1) is 0 Å². The van der Waals surface area contributed by atoms with E-state index in [0.29, 0.717) is 16.7 Å². The molecule has 0 saturated heterocycles. The molecule has 22 heavy (non-hydrogen) atoms. The summed E-state index contributed by atoms with van der Waals surface area (Å²) in [5, 5.41) is 0. The Kier molecular flexibility index (Phi) is 4.80. The number of pyridine rings is 1. The van der Waals surface area contributed by atoms with Crippen LogP contribution in [0.3, 0.4) is 0 Å². The molecule has 1 aromatic carbocycles. The summed E-state index contributed by atoms with van der Waals surface area (Å²) in [6.45, 7) is 1.95. The summed E-state index contributed by atoms with van der Waals surface area (Å²) in [7, 11) is 0. The summed E-state index contributed by atoms with van der Waals surface area (Å²) in [6.07, 6.45) is -2.34. The molecule has 0 radical (unpaired) electrons. The van der Waals surface area contributed by atoms with Gasteiger partial charge in [-0.1, -0.05) is 24.3 Å². The van der Waals surface area contributed by atoms with Gasteiger partial charge in [0.15, 0.2) is 0 Å². The molecule has 0 unspecified atom stereocenters. The van der Waals surface area contributed by atoms with Crippen molar-refractivity contribution in [2.45, 2.75) is 19.5 Å². The van der Waals surface area contributed by atoms with Crippen LogP contribution in [0.4, 0.5) is 13.2 Å². The molecule has 0 amide bonds. The molecule has 1 aromatic heterocycles. The number of carbonyl (C=O) groups is 1. The number of rotatable bonds is 4. The van der Waals surface area contributed by atoms with Crippen LogP contribution in [0.25, 0.3) is 11.1 Å². The van der Waals surface area contributed by atoms with E-state index in [-0.39, 0.29) is 13.0 Å². The molecule has 0 atom stereocenters. The third-order valence-electron chi connectivity index (χ3n) is 3.03. The zero-order valence-electron chi connectivity index (χ0n) is 11.9. The van der Waals surface area contributed by atoms with Gasteiger partial charge in [-0.3, -0.25) is 9.78 Å². The van der Waals surface area contributed by atoms with Gasteiger partial charge in [-0.2, -0.15) is 13.2 Å². The Morgan fingerprint density at radius 2 is 1.95 bits per heavy atom. The molecule has 0 bridgehead atoms. The normalized spacial score (nSPS) is 11.3. The minimum atomic E-state index is -4.46. The Morgan fingerprint density at radius 3 is 2.64 bits per heavy atom. The molecular weight excluding hydrogens is 295 g/mol. The number of ether oxygens (including phenoxy) is 1. The highest BCUT2D eigenvalue weighted by atomic mass is 19.4. The van der Waals surface area contributed by atoms with E-state index in [9.17, 15) is 18.0 Å². The van der Waals surface area contributed by atoms with E-state index in [4.69, 9.17) is 4.74 Å². The van der Waals surface area contributed by atoms with Gasteiger partial charge in [0.25, 0.3) is 0 Å². The van der Waals surface area contributed by atoms with Crippen molar-refractivity contribution >= 4 is 5.97 Å². The van der Waals surface area contributed by atoms with Crippen LogP contribution in [0.1, 0.15) is 18.1 Å². The fourth-order valence-electron chi connectivity index (χ4n) is 2.07. The first kappa shape index (κ1) is 16.0. The zero-order chi connectivity index (χ0) is 16.2. The number of esters is 1. The third kappa shape index (κ3) is 3.84. The fraction of sp³-hybridized carbons (Fsp3) is 0.250. The minimum absolute atomic E-state index is 0.000257. The average molecular weight is 309 g/mol. The minimum Gasteiger partial charge on any atom is -0.466 e. The fourth-order valence-corrected chi connectivity index (χ4v) is 2.07. The van der Waals surface area contributed by atoms with Crippen LogP contribution < -0.4 is 0 Å². The van der Waals surface area contributed by atoms with E-state index in [1.807, 2.05) is 0 Å². The molecular formula is C16H14F3NO2. The van der Waals surface area contributed by atoms with E-state index < -0.39 is 17.7 Å². The van der Waals surface area contributed by atoms with Crippen molar-refractivity contribution in [3.05, 3.63) is 53.9 Å². The molecule has 0 N–H and O–H groups in total. The van der Waals surface area contributed by atoms with Crippen LogP contribution in [0.2, 0.25) is 0 Å². The molecule has 0 saturated carbocycles. The summed E-state index contributed by atoms with van der Waals surface area (Å²) in [5.74, 6) is -0.421. The van der Waals surface area contributed by atoms with Gasteiger partial charge in [0.05, 0.1) is 18.6 Å². The monoisotopic (exact) mass is 309 g/mol. The average Bonchev–Trinajstić information content (AvgIpc) is 2.47. The molecule has 0 aliphatic carbocycles. The van der Waals surface area contributed by atoms with E-state index in [0.717, 1.165) is 12.3 Å². The van der Waals surface area contributed by atoms with Gasteiger partial charge in [-0.15, -0.1) is 0 Å². The van der Waals surface area contributed by atoms with Crippen molar-refractivity contribution in [1.82, 2.24) is 4.98 Å². The highest BCUT2D eigenvalue weighted by Gasteiger charge is 2.31. The Labute approximate surface area is 125 Å². The lowest BCUT2D eigenvalue weighted by Gasteiger charge is -2.11. The first-order chi connectivity index (χ1) is 10.4. The topological polar surface area (TPSA) is 39.2 Å². The number of aromatic nitrogens is 1. The quantitative estimate of drug-likeness (QED) is 0.805. The van der Waals surface area contributed by atoms with Crippen molar-refractivity contribution < 1.29 is 22.7 Å². The molecule has 2 aromatic rings. The molecule has 1 heterocycles. The zero-order valence-corrected chi connectivity index (χ0v) is 11.9.